The van der Waals surface area contributed by atoms with Gasteiger partial charge in [0.2, 0.25) is 0 Å². The average molecular weight is 502 g/mol. The van der Waals surface area contributed by atoms with Crippen LogP contribution < -0.4 is 5.32 Å². The van der Waals surface area contributed by atoms with E-state index in [9.17, 15) is 26.4 Å². The van der Waals surface area contributed by atoms with Gasteiger partial charge in [0.25, 0.3) is 16.0 Å². The monoisotopic (exact) mass is 501 g/mol. The van der Waals surface area contributed by atoms with Crippen LogP contribution in [0.1, 0.15) is 10.4 Å². The lowest BCUT2D eigenvalue weighted by Crippen LogP contribution is -2.49. The van der Waals surface area contributed by atoms with E-state index in [1.54, 1.807) is 11.4 Å². The molecule has 0 radical (unpaired) electrons. The standard InChI is InChI=1S/C10H8BrF3INO4S/c11-6-1-5(2-7(15)3-6)9(17)16-8(10(12,13)14)4-21(18,19)20/h1-3,8H,4H2,(H,16,17)(H,18,19,20). The van der Waals surface area contributed by atoms with Gasteiger partial charge in [-0.2, -0.15) is 21.6 Å². The molecule has 118 valence electrons. The third kappa shape index (κ3) is 6.48. The van der Waals surface area contributed by atoms with E-state index in [0.29, 0.717) is 8.04 Å². The summed E-state index contributed by atoms with van der Waals surface area (Å²) in [6.45, 7) is 0. The van der Waals surface area contributed by atoms with Crippen LogP contribution in [0.2, 0.25) is 0 Å². The van der Waals surface area contributed by atoms with Crippen LogP contribution in [0, 0.1) is 3.57 Å². The van der Waals surface area contributed by atoms with Crippen LogP contribution in [0.5, 0.6) is 0 Å². The first kappa shape index (κ1) is 18.6. The second-order valence-corrected chi connectivity index (χ2v) is 7.63. The Hall–Kier alpha value is -0.400. The average Bonchev–Trinajstić information content (AvgIpc) is 2.23. The minimum Gasteiger partial charge on any atom is -0.339 e. The van der Waals surface area contributed by atoms with Crippen LogP contribution >= 0.6 is 38.5 Å². The molecule has 21 heavy (non-hydrogen) atoms. The van der Waals surface area contributed by atoms with Gasteiger partial charge in [0.15, 0.2) is 0 Å². The molecule has 1 aromatic rings. The molecule has 2 N–H and O–H groups in total. The largest absolute Gasteiger partial charge is 0.409 e. The molecule has 0 aliphatic rings. The Balaban J connectivity index is 3.00. The van der Waals surface area contributed by atoms with Crippen LogP contribution in [0.25, 0.3) is 0 Å². The van der Waals surface area contributed by atoms with Gasteiger partial charge in [0, 0.05) is 13.6 Å². The third-order valence-corrected chi connectivity index (χ3v) is 4.04. The maximum Gasteiger partial charge on any atom is 0.409 e. The number of alkyl halides is 3. The first-order valence-corrected chi connectivity index (χ1v) is 8.65. The quantitative estimate of drug-likeness (QED) is 0.490. The first-order chi connectivity index (χ1) is 9.38. The zero-order valence-corrected chi connectivity index (χ0v) is 14.5. The van der Waals surface area contributed by atoms with Gasteiger partial charge in [-0.15, -0.1) is 0 Å². The molecule has 1 amide bonds. The lowest BCUT2D eigenvalue weighted by molar-refractivity contribution is -0.148. The number of nitrogens with one attached hydrogen (secondary N) is 1. The molecule has 5 nitrogen and oxygen atoms in total. The van der Waals surface area contributed by atoms with Crippen molar-refractivity contribution in [2.24, 2.45) is 0 Å². The maximum atomic E-state index is 12.7. The number of carbonyl (C=O) groups excluding carboxylic acids is 1. The van der Waals surface area contributed by atoms with E-state index in [1.807, 2.05) is 22.6 Å². The molecule has 1 aromatic carbocycles. The van der Waals surface area contributed by atoms with Crippen molar-refractivity contribution in [3.8, 4) is 0 Å². The number of halogens is 5. The second kappa shape index (κ2) is 6.79. The van der Waals surface area contributed by atoms with Crippen molar-refractivity contribution in [1.82, 2.24) is 5.32 Å². The van der Waals surface area contributed by atoms with Gasteiger partial charge in [-0.3, -0.25) is 9.35 Å². The second-order valence-electron chi connectivity index (χ2n) is 3.97. The SMILES string of the molecule is O=C(NC(CS(=O)(=O)O)C(F)(F)F)c1cc(Br)cc(I)c1. The fraction of sp³-hybridized carbons (Fsp3) is 0.300. The maximum absolute atomic E-state index is 12.7. The highest BCUT2D eigenvalue weighted by molar-refractivity contribution is 14.1. The topological polar surface area (TPSA) is 83.5 Å². The normalized spacial score (nSPS) is 13.8. The van der Waals surface area contributed by atoms with Crippen LogP contribution in [0.15, 0.2) is 22.7 Å². The summed E-state index contributed by atoms with van der Waals surface area (Å²) in [6, 6.07) is 1.56. The number of rotatable bonds is 4. The van der Waals surface area contributed by atoms with Crippen LogP contribution in [0.3, 0.4) is 0 Å². The molecular weight excluding hydrogens is 494 g/mol. The van der Waals surface area contributed by atoms with E-state index in [-0.39, 0.29) is 5.56 Å². The highest BCUT2D eigenvalue weighted by Crippen LogP contribution is 2.23. The molecule has 0 saturated heterocycles. The number of amides is 1. The van der Waals surface area contributed by atoms with Crippen molar-refractivity contribution in [3.63, 3.8) is 0 Å². The van der Waals surface area contributed by atoms with Crippen molar-refractivity contribution < 1.29 is 30.9 Å². The van der Waals surface area contributed by atoms with E-state index in [4.69, 9.17) is 4.55 Å². The fourth-order valence-electron chi connectivity index (χ4n) is 1.36. The molecule has 0 aliphatic carbocycles. The molecule has 0 spiro atoms. The van der Waals surface area contributed by atoms with E-state index in [0.717, 1.165) is 0 Å². The lowest BCUT2D eigenvalue weighted by atomic mass is 10.2. The summed E-state index contributed by atoms with van der Waals surface area (Å²) in [4.78, 5) is 11.8. The molecular formula is C10H8BrF3INO4S. The Morgan fingerprint density at radius 3 is 2.38 bits per heavy atom. The Labute approximate surface area is 140 Å². The van der Waals surface area contributed by atoms with E-state index in [2.05, 4.69) is 15.9 Å². The Bertz CT molecular complexity index is 630. The van der Waals surface area contributed by atoms with E-state index < -0.39 is 34.0 Å². The number of hydrogen-bond donors (Lipinski definition) is 2. The minimum absolute atomic E-state index is 0.0710. The van der Waals surface area contributed by atoms with Crippen LogP contribution in [-0.2, 0) is 10.1 Å². The number of benzene rings is 1. The van der Waals surface area contributed by atoms with Gasteiger partial charge in [-0.1, -0.05) is 15.9 Å². The van der Waals surface area contributed by atoms with E-state index >= 15 is 0 Å². The van der Waals surface area contributed by atoms with Crippen molar-refractivity contribution >= 4 is 54.5 Å². The molecule has 0 heterocycles. The summed E-state index contributed by atoms with van der Waals surface area (Å²) in [5.74, 6) is -2.74. The summed E-state index contributed by atoms with van der Waals surface area (Å²) in [5, 5.41) is 1.56. The first-order valence-electron chi connectivity index (χ1n) is 5.17. The smallest absolute Gasteiger partial charge is 0.339 e. The van der Waals surface area contributed by atoms with Crippen molar-refractivity contribution in [2.45, 2.75) is 12.2 Å². The molecule has 0 aromatic heterocycles. The molecule has 1 rings (SSSR count). The molecule has 1 unspecified atom stereocenters. The van der Waals surface area contributed by atoms with Gasteiger partial charge >= 0.3 is 6.18 Å². The highest BCUT2D eigenvalue weighted by Gasteiger charge is 2.43. The van der Waals surface area contributed by atoms with Gasteiger partial charge in [0.05, 0.1) is 0 Å². The van der Waals surface area contributed by atoms with E-state index in [1.165, 1.54) is 12.1 Å². The molecule has 11 heteroatoms. The molecule has 0 saturated carbocycles. The summed E-state index contributed by atoms with van der Waals surface area (Å²) >= 11 is 4.96. The number of hydrogen-bond acceptors (Lipinski definition) is 3. The fourth-order valence-corrected chi connectivity index (χ4v) is 3.64. The summed E-state index contributed by atoms with van der Waals surface area (Å²) in [7, 11) is -4.90. The zero-order valence-electron chi connectivity index (χ0n) is 9.99. The highest BCUT2D eigenvalue weighted by atomic mass is 127. The predicted octanol–water partition coefficient (Wildman–Crippen LogP) is 2.60. The summed E-state index contributed by atoms with van der Waals surface area (Å²) < 4.78 is 68.9. The minimum atomic E-state index is -5.01. The van der Waals surface area contributed by atoms with Gasteiger partial charge in [-0.25, -0.2) is 0 Å². The number of carbonyl (C=O) groups is 1. The predicted molar refractivity (Wildman–Crippen MR) is 80.6 cm³/mol. The Morgan fingerprint density at radius 2 is 1.95 bits per heavy atom. The van der Waals surface area contributed by atoms with Gasteiger partial charge in [-0.05, 0) is 40.8 Å². The third-order valence-electron chi connectivity index (χ3n) is 2.20. The Kier molecular flexibility index (Phi) is 6.03. The molecule has 1 atom stereocenters. The van der Waals surface area contributed by atoms with Gasteiger partial charge in [0.1, 0.15) is 11.8 Å². The van der Waals surface area contributed by atoms with Crippen LogP contribution in [-0.4, -0.2) is 36.8 Å². The van der Waals surface area contributed by atoms with Gasteiger partial charge < -0.3 is 5.32 Å². The van der Waals surface area contributed by atoms with Crippen molar-refractivity contribution in [3.05, 3.63) is 31.8 Å². The van der Waals surface area contributed by atoms with Crippen molar-refractivity contribution in [1.29, 1.82) is 0 Å². The molecule has 0 fully saturated rings. The molecule has 0 aliphatic heterocycles. The van der Waals surface area contributed by atoms with Crippen LogP contribution in [0.4, 0.5) is 13.2 Å². The summed E-state index contributed by atoms with van der Waals surface area (Å²) in [6.07, 6.45) is -5.01. The lowest BCUT2D eigenvalue weighted by Gasteiger charge is -2.20. The zero-order chi connectivity index (χ0) is 16.4. The molecule has 0 bridgehead atoms. The van der Waals surface area contributed by atoms with Crippen molar-refractivity contribution in [2.75, 3.05) is 5.75 Å². The Morgan fingerprint density at radius 1 is 1.38 bits per heavy atom. The summed E-state index contributed by atoms with van der Waals surface area (Å²) in [5.41, 5.74) is -0.0710.